The van der Waals surface area contributed by atoms with Crippen molar-refractivity contribution in [2.45, 2.75) is 40.0 Å². The van der Waals surface area contributed by atoms with E-state index in [4.69, 9.17) is 0 Å². The number of benzene rings is 2. The molecule has 1 heteroatoms. The van der Waals surface area contributed by atoms with E-state index < -0.39 is 0 Å². The van der Waals surface area contributed by atoms with Gasteiger partial charge in [-0.2, -0.15) is 0 Å². The summed E-state index contributed by atoms with van der Waals surface area (Å²) in [6.07, 6.45) is 2.50. The number of rotatable bonds is 5. The van der Waals surface area contributed by atoms with Gasteiger partial charge in [-0.25, -0.2) is 0 Å². The molecule has 0 spiro atoms. The van der Waals surface area contributed by atoms with E-state index in [0.717, 1.165) is 24.0 Å². The topological polar surface area (TPSA) is 17.1 Å². The summed E-state index contributed by atoms with van der Waals surface area (Å²) in [4.78, 5) is 12.3. The van der Waals surface area contributed by atoms with Crippen LogP contribution < -0.4 is 0 Å². The van der Waals surface area contributed by atoms with Gasteiger partial charge in [-0.1, -0.05) is 36.4 Å². The Bertz CT molecular complexity index is 597. The van der Waals surface area contributed by atoms with Gasteiger partial charge < -0.3 is 0 Å². The van der Waals surface area contributed by atoms with Gasteiger partial charge in [0.25, 0.3) is 0 Å². The highest BCUT2D eigenvalue weighted by molar-refractivity contribution is 5.97. The molecule has 0 aromatic heterocycles. The van der Waals surface area contributed by atoms with Crippen molar-refractivity contribution < 1.29 is 4.79 Å². The molecule has 0 saturated heterocycles. The summed E-state index contributed by atoms with van der Waals surface area (Å²) in [6, 6.07) is 14.5. The summed E-state index contributed by atoms with van der Waals surface area (Å²) in [5.74, 6) is 0.265. The lowest BCUT2D eigenvalue weighted by Crippen LogP contribution is -2.04. The third kappa shape index (κ3) is 3.57. The second kappa shape index (κ2) is 6.51. The number of Topliss-reactive ketones (excluding diaryl/α,β-unsaturated/α-hetero) is 1. The van der Waals surface area contributed by atoms with Crippen LogP contribution >= 0.6 is 0 Å². The van der Waals surface area contributed by atoms with Gasteiger partial charge in [0.1, 0.15) is 0 Å². The van der Waals surface area contributed by atoms with E-state index in [1.54, 1.807) is 0 Å². The number of hydrogen-bond acceptors (Lipinski definition) is 1. The highest BCUT2D eigenvalue weighted by Gasteiger charge is 2.10. The zero-order valence-corrected chi connectivity index (χ0v) is 12.6. The minimum atomic E-state index is 0.265. The van der Waals surface area contributed by atoms with E-state index >= 15 is 0 Å². The van der Waals surface area contributed by atoms with Crippen molar-refractivity contribution in [3.05, 3.63) is 70.3 Å². The molecule has 1 nitrogen and oxygen atoms in total. The molecule has 0 aliphatic carbocycles. The van der Waals surface area contributed by atoms with Crippen LogP contribution in [0.5, 0.6) is 0 Å². The Morgan fingerprint density at radius 2 is 1.55 bits per heavy atom. The highest BCUT2D eigenvalue weighted by atomic mass is 16.1. The smallest absolute Gasteiger partial charge is 0.163 e. The number of ketones is 1. The van der Waals surface area contributed by atoms with Crippen molar-refractivity contribution >= 4 is 5.78 Å². The molecule has 0 aliphatic heterocycles. The molecule has 0 bridgehead atoms. The van der Waals surface area contributed by atoms with Gasteiger partial charge in [0, 0.05) is 12.0 Å². The number of carbonyl (C=O) groups excluding carboxylic acids is 1. The first-order chi connectivity index (χ1) is 9.58. The number of carbonyl (C=O) groups is 1. The van der Waals surface area contributed by atoms with E-state index in [1.165, 1.54) is 16.7 Å². The van der Waals surface area contributed by atoms with Crippen molar-refractivity contribution in [3.8, 4) is 0 Å². The normalized spacial score (nSPS) is 10.6. The molecule has 0 fully saturated rings. The molecular formula is C19H22O. The van der Waals surface area contributed by atoms with Crippen LogP contribution in [0.15, 0.2) is 42.5 Å². The van der Waals surface area contributed by atoms with Gasteiger partial charge in [0.05, 0.1) is 0 Å². The van der Waals surface area contributed by atoms with Crippen molar-refractivity contribution in [3.63, 3.8) is 0 Å². The van der Waals surface area contributed by atoms with E-state index in [2.05, 4.69) is 32.0 Å². The third-order valence-corrected chi connectivity index (χ3v) is 3.85. The van der Waals surface area contributed by atoms with Crippen LogP contribution in [-0.2, 0) is 6.42 Å². The van der Waals surface area contributed by atoms with Crippen LogP contribution in [0.3, 0.4) is 0 Å². The van der Waals surface area contributed by atoms with Crippen molar-refractivity contribution in [1.29, 1.82) is 0 Å². The first kappa shape index (κ1) is 14.5. The van der Waals surface area contributed by atoms with E-state index in [-0.39, 0.29) is 5.78 Å². The van der Waals surface area contributed by atoms with Gasteiger partial charge in [-0.3, -0.25) is 4.79 Å². The Balaban J connectivity index is 1.97. The molecule has 0 N–H and O–H groups in total. The first-order valence-corrected chi connectivity index (χ1v) is 7.23. The van der Waals surface area contributed by atoms with Crippen LogP contribution in [0.4, 0.5) is 0 Å². The summed E-state index contributed by atoms with van der Waals surface area (Å²) in [7, 11) is 0. The SMILES string of the molecule is Cc1cc(C)c(C(=O)CCCc2ccccc2)cc1C. The van der Waals surface area contributed by atoms with Gasteiger partial charge >= 0.3 is 0 Å². The maximum Gasteiger partial charge on any atom is 0.163 e. The van der Waals surface area contributed by atoms with Crippen molar-refractivity contribution in [2.75, 3.05) is 0 Å². The molecule has 20 heavy (non-hydrogen) atoms. The fraction of sp³-hybridized carbons (Fsp3) is 0.316. The third-order valence-electron chi connectivity index (χ3n) is 3.85. The lowest BCUT2D eigenvalue weighted by atomic mass is 9.95. The standard InChI is InChI=1S/C19H22O/c1-14-12-16(3)18(13-15(14)2)19(20)11-7-10-17-8-5-4-6-9-17/h4-6,8-9,12-13H,7,10-11H2,1-3H3. The van der Waals surface area contributed by atoms with Gasteiger partial charge in [0.15, 0.2) is 5.78 Å². The molecule has 2 aromatic rings. The molecule has 104 valence electrons. The van der Waals surface area contributed by atoms with E-state index in [1.807, 2.05) is 31.2 Å². The Kier molecular flexibility index (Phi) is 4.73. The zero-order chi connectivity index (χ0) is 14.5. The quantitative estimate of drug-likeness (QED) is 0.709. The van der Waals surface area contributed by atoms with Gasteiger partial charge in [-0.15, -0.1) is 0 Å². The molecule has 0 unspecified atom stereocenters. The van der Waals surface area contributed by atoms with Crippen LogP contribution in [0, 0.1) is 20.8 Å². The first-order valence-electron chi connectivity index (χ1n) is 7.23. The molecular weight excluding hydrogens is 244 g/mol. The minimum absolute atomic E-state index is 0.265. The fourth-order valence-corrected chi connectivity index (χ4v) is 2.49. The maximum atomic E-state index is 12.3. The van der Waals surface area contributed by atoms with Crippen LogP contribution in [0.2, 0.25) is 0 Å². The largest absolute Gasteiger partial charge is 0.294 e. The van der Waals surface area contributed by atoms with Crippen molar-refractivity contribution in [1.82, 2.24) is 0 Å². The van der Waals surface area contributed by atoms with E-state index in [0.29, 0.717) is 6.42 Å². The lowest BCUT2D eigenvalue weighted by Gasteiger charge is -2.09. The molecule has 0 saturated carbocycles. The average Bonchev–Trinajstić information content (AvgIpc) is 2.44. The van der Waals surface area contributed by atoms with Gasteiger partial charge in [0.2, 0.25) is 0 Å². The number of hydrogen-bond donors (Lipinski definition) is 0. The summed E-state index contributed by atoms with van der Waals surface area (Å²) < 4.78 is 0. The van der Waals surface area contributed by atoms with Crippen molar-refractivity contribution in [2.24, 2.45) is 0 Å². The van der Waals surface area contributed by atoms with Crippen LogP contribution in [-0.4, -0.2) is 5.78 Å². The second-order valence-corrected chi connectivity index (χ2v) is 5.51. The molecule has 2 aromatic carbocycles. The molecule has 0 aliphatic rings. The summed E-state index contributed by atoms with van der Waals surface area (Å²) in [6.45, 7) is 6.18. The molecule has 0 radical (unpaired) electrons. The van der Waals surface area contributed by atoms with E-state index in [9.17, 15) is 4.79 Å². The second-order valence-electron chi connectivity index (χ2n) is 5.51. The summed E-state index contributed by atoms with van der Waals surface area (Å²) >= 11 is 0. The predicted molar refractivity (Wildman–Crippen MR) is 84.4 cm³/mol. The monoisotopic (exact) mass is 266 g/mol. The summed E-state index contributed by atoms with van der Waals surface area (Å²) in [5, 5.41) is 0. The number of aryl methyl sites for hydroxylation is 4. The lowest BCUT2D eigenvalue weighted by molar-refractivity contribution is 0.0979. The molecule has 0 atom stereocenters. The maximum absolute atomic E-state index is 12.3. The Labute approximate surface area is 121 Å². The fourth-order valence-electron chi connectivity index (χ4n) is 2.49. The summed E-state index contributed by atoms with van der Waals surface area (Å²) in [5.41, 5.74) is 5.74. The van der Waals surface area contributed by atoms with Gasteiger partial charge in [-0.05, 0) is 61.9 Å². The predicted octanol–water partition coefficient (Wildman–Crippen LogP) is 4.82. The zero-order valence-electron chi connectivity index (χ0n) is 12.6. The Morgan fingerprint density at radius 1 is 0.900 bits per heavy atom. The molecule has 0 amide bonds. The average molecular weight is 266 g/mol. The Hall–Kier alpha value is -1.89. The highest BCUT2D eigenvalue weighted by Crippen LogP contribution is 2.18. The van der Waals surface area contributed by atoms with Crippen LogP contribution in [0.25, 0.3) is 0 Å². The molecule has 0 heterocycles. The molecule has 2 rings (SSSR count). The Morgan fingerprint density at radius 3 is 2.25 bits per heavy atom. The van der Waals surface area contributed by atoms with Crippen LogP contribution in [0.1, 0.15) is 45.5 Å². The minimum Gasteiger partial charge on any atom is -0.294 e.